The second-order valence-corrected chi connectivity index (χ2v) is 5.40. The second kappa shape index (κ2) is 4.88. The van der Waals surface area contributed by atoms with Crippen LogP contribution in [0.2, 0.25) is 5.02 Å². The van der Waals surface area contributed by atoms with Crippen LogP contribution in [-0.2, 0) is 6.42 Å². The molecule has 1 heterocycles. The molecular weight excluding hydrogens is 270 g/mol. The van der Waals surface area contributed by atoms with Gasteiger partial charge in [-0.05, 0) is 42.7 Å². The van der Waals surface area contributed by atoms with Gasteiger partial charge in [-0.3, -0.25) is 4.57 Å². The molecule has 0 spiro atoms. The van der Waals surface area contributed by atoms with Gasteiger partial charge in [-0.1, -0.05) is 36.7 Å². The lowest BCUT2D eigenvalue weighted by atomic mass is 10.1. The van der Waals surface area contributed by atoms with Crippen LogP contribution in [0.1, 0.15) is 18.1 Å². The molecule has 3 aromatic rings. The number of hydrogen-bond acceptors (Lipinski definition) is 1. The van der Waals surface area contributed by atoms with E-state index in [0.717, 1.165) is 28.6 Å². The minimum absolute atomic E-state index is 0.212. The largest absolute Gasteiger partial charge is 0.494 e. The van der Waals surface area contributed by atoms with Gasteiger partial charge in [0.05, 0.1) is 16.2 Å². The molecule has 0 atom stereocenters. The lowest BCUT2D eigenvalue weighted by Gasteiger charge is -2.12. The van der Waals surface area contributed by atoms with E-state index in [4.69, 9.17) is 11.6 Å². The maximum atomic E-state index is 10.3. The molecule has 2 aromatic carbocycles. The number of nitrogens with zero attached hydrogens (tertiary/aromatic N) is 1. The first-order valence-corrected chi connectivity index (χ1v) is 7.08. The smallest absolute Gasteiger partial charge is 0.196 e. The van der Waals surface area contributed by atoms with Gasteiger partial charge in [-0.15, -0.1) is 0 Å². The standard InChI is InChI=1S/C17H16ClNO/c1-3-12-7-8-15-13(9-12)10-16(20)19(15)17-11(2)5-4-6-14(17)18/h4-10,20H,3H2,1-2H3. The highest BCUT2D eigenvalue weighted by Gasteiger charge is 2.14. The summed E-state index contributed by atoms with van der Waals surface area (Å²) in [5.41, 5.74) is 4.09. The third kappa shape index (κ3) is 1.97. The lowest BCUT2D eigenvalue weighted by Crippen LogP contribution is -1.97. The van der Waals surface area contributed by atoms with Crippen LogP contribution in [0.15, 0.2) is 42.5 Å². The number of aromatic hydroxyl groups is 1. The molecule has 0 radical (unpaired) electrons. The second-order valence-electron chi connectivity index (χ2n) is 4.99. The Morgan fingerprint density at radius 3 is 2.65 bits per heavy atom. The van der Waals surface area contributed by atoms with Gasteiger partial charge in [0.25, 0.3) is 0 Å². The van der Waals surface area contributed by atoms with Gasteiger partial charge in [0.1, 0.15) is 0 Å². The fourth-order valence-electron chi connectivity index (χ4n) is 2.61. The average Bonchev–Trinajstić information content (AvgIpc) is 2.74. The van der Waals surface area contributed by atoms with Crippen molar-refractivity contribution in [1.29, 1.82) is 0 Å². The van der Waals surface area contributed by atoms with Crippen LogP contribution in [0.3, 0.4) is 0 Å². The summed E-state index contributed by atoms with van der Waals surface area (Å²) in [4.78, 5) is 0. The number of hydrogen-bond donors (Lipinski definition) is 1. The molecule has 0 saturated carbocycles. The molecule has 3 rings (SSSR count). The molecule has 0 saturated heterocycles. The van der Waals surface area contributed by atoms with Crippen LogP contribution in [0, 0.1) is 6.92 Å². The van der Waals surface area contributed by atoms with Crippen molar-refractivity contribution >= 4 is 22.5 Å². The van der Waals surface area contributed by atoms with Gasteiger partial charge in [0.2, 0.25) is 0 Å². The van der Waals surface area contributed by atoms with Crippen LogP contribution in [-0.4, -0.2) is 9.67 Å². The number of aromatic nitrogens is 1. The molecule has 102 valence electrons. The first-order valence-electron chi connectivity index (χ1n) is 6.70. The third-order valence-corrected chi connectivity index (χ3v) is 3.97. The molecule has 2 nitrogen and oxygen atoms in total. The number of benzene rings is 2. The van der Waals surface area contributed by atoms with Gasteiger partial charge in [0, 0.05) is 11.5 Å². The minimum atomic E-state index is 0.212. The minimum Gasteiger partial charge on any atom is -0.494 e. The van der Waals surface area contributed by atoms with Crippen molar-refractivity contribution in [2.45, 2.75) is 20.3 Å². The van der Waals surface area contributed by atoms with E-state index in [2.05, 4.69) is 19.1 Å². The number of fused-ring (bicyclic) bond motifs is 1. The Labute approximate surface area is 123 Å². The highest BCUT2D eigenvalue weighted by atomic mass is 35.5. The van der Waals surface area contributed by atoms with Crippen molar-refractivity contribution in [3.05, 3.63) is 58.6 Å². The number of aryl methyl sites for hydroxylation is 2. The average molecular weight is 286 g/mol. The Morgan fingerprint density at radius 1 is 1.15 bits per heavy atom. The molecule has 0 amide bonds. The van der Waals surface area contributed by atoms with Crippen LogP contribution >= 0.6 is 11.6 Å². The van der Waals surface area contributed by atoms with Crippen LogP contribution in [0.25, 0.3) is 16.6 Å². The van der Waals surface area contributed by atoms with Crippen LogP contribution < -0.4 is 0 Å². The molecule has 1 N–H and O–H groups in total. The summed E-state index contributed by atoms with van der Waals surface area (Å²) in [6, 6.07) is 13.8. The van der Waals surface area contributed by atoms with Crippen molar-refractivity contribution in [3.63, 3.8) is 0 Å². The highest BCUT2D eigenvalue weighted by Crippen LogP contribution is 2.34. The monoisotopic (exact) mass is 285 g/mol. The fraction of sp³-hybridized carbons (Fsp3) is 0.176. The number of rotatable bonds is 2. The summed E-state index contributed by atoms with van der Waals surface area (Å²) in [5.74, 6) is 0.212. The SMILES string of the molecule is CCc1ccc2c(c1)cc(O)n2-c1c(C)cccc1Cl. The maximum Gasteiger partial charge on any atom is 0.196 e. The summed E-state index contributed by atoms with van der Waals surface area (Å²) in [7, 11) is 0. The van der Waals surface area contributed by atoms with Gasteiger partial charge in [0.15, 0.2) is 5.88 Å². The molecule has 0 unspecified atom stereocenters. The van der Waals surface area contributed by atoms with Crippen molar-refractivity contribution < 1.29 is 5.11 Å². The Hall–Kier alpha value is -1.93. The normalized spacial score (nSPS) is 11.2. The van der Waals surface area contributed by atoms with Crippen LogP contribution in [0.4, 0.5) is 0 Å². The Morgan fingerprint density at radius 2 is 1.95 bits per heavy atom. The number of para-hydroxylation sites is 1. The Bertz CT molecular complexity index is 769. The first-order chi connectivity index (χ1) is 9.61. The highest BCUT2D eigenvalue weighted by molar-refractivity contribution is 6.32. The third-order valence-electron chi connectivity index (χ3n) is 3.67. The van der Waals surface area contributed by atoms with E-state index in [0.29, 0.717) is 5.02 Å². The predicted molar refractivity (Wildman–Crippen MR) is 84.1 cm³/mol. The zero-order chi connectivity index (χ0) is 14.3. The van der Waals surface area contributed by atoms with Gasteiger partial charge < -0.3 is 5.11 Å². The summed E-state index contributed by atoms with van der Waals surface area (Å²) < 4.78 is 1.81. The summed E-state index contributed by atoms with van der Waals surface area (Å²) in [5, 5.41) is 12.0. The summed E-state index contributed by atoms with van der Waals surface area (Å²) in [6.07, 6.45) is 0.979. The molecule has 20 heavy (non-hydrogen) atoms. The molecule has 0 aliphatic carbocycles. The summed E-state index contributed by atoms with van der Waals surface area (Å²) in [6.45, 7) is 4.11. The van der Waals surface area contributed by atoms with Crippen LogP contribution in [0.5, 0.6) is 5.88 Å². The molecular formula is C17H16ClNO. The van der Waals surface area contributed by atoms with Gasteiger partial charge >= 0.3 is 0 Å². The Kier molecular flexibility index (Phi) is 3.19. The van der Waals surface area contributed by atoms with Crippen molar-refractivity contribution in [2.75, 3.05) is 0 Å². The van der Waals surface area contributed by atoms with E-state index in [1.54, 1.807) is 6.07 Å². The topological polar surface area (TPSA) is 25.2 Å². The molecule has 0 fully saturated rings. The predicted octanol–water partition coefficient (Wildman–Crippen LogP) is 4.86. The maximum absolute atomic E-state index is 10.3. The molecule has 1 aromatic heterocycles. The van der Waals surface area contributed by atoms with Crippen molar-refractivity contribution in [3.8, 4) is 11.6 Å². The van der Waals surface area contributed by atoms with Crippen molar-refractivity contribution in [2.24, 2.45) is 0 Å². The lowest BCUT2D eigenvalue weighted by molar-refractivity contribution is 0.445. The van der Waals surface area contributed by atoms with Gasteiger partial charge in [-0.2, -0.15) is 0 Å². The van der Waals surface area contributed by atoms with E-state index in [1.165, 1.54) is 5.56 Å². The summed E-state index contributed by atoms with van der Waals surface area (Å²) >= 11 is 6.32. The van der Waals surface area contributed by atoms with Gasteiger partial charge in [-0.25, -0.2) is 0 Å². The van der Waals surface area contributed by atoms with E-state index >= 15 is 0 Å². The first kappa shape index (κ1) is 13.1. The van der Waals surface area contributed by atoms with E-state index < -0.39 is 0 Å². The zero-order valence-corrected chi connectivity index (χ0v) is 12.3. The Balaban J connectivity index is 2.34. The van der Waals surface area contributed by atoms with Crippen molar-refractivity contribution in [1.82, 2.24) is 4.57 Å². The molecule has 0 aliphatic heterocycles. The van der Waals surface area contributed by atoms with E-state index in [-0.39, 0.29) is 5.88 Å². The quantitative estimate of drug-likeness (QED) is 0.714. The zero-order valence-electron chi connectivity index (χ0n) is 11.5. The fourth-order valence-corrected chi connectivity index (χ4v) is 2.92. The molecule has 3 heteroatoms. The molecule has 0 bridgehead atoms. The van der Waals surface area contributed by atoms with E-state index in [1.807, 2.05) is 35.8 Å². The van der Waals surface area contributed by atoms with E-state index in [9.17, 15) is 5.11 Å². The number of halogens is 1. The molecule has 0 aliphatic rings.